The number of anilines is 1. The molecule has 4 aromatic rings. The zero-order valence-corrected chi connectivity index (χ0v) is 20.4. The first-order valence-corrected chi connectivity index (χ1v) is 11.7. The van der Waals surface area contributed by atoms with Crippen LogP contribution in [-0.2, 0) is 0 Å². The molecule has 0 saturated carbocycles. The van der Waals surface area contributed by atoms with Crippen LogP contribution in [0.1, 0.15) is 32.3 Å². The van der Waals surface area contributed by atoms with Crippen molar-refractivity contribution in [3.63, 3.8) is 0 Å². The Morgan fingerprint density at radius 3 is 2.67 bits per heavy atom. The Hall–Kier alpha value is -3.41. The average molecular weight is 506 g/mol. The summed E-state index contributed by atoms with van der Waals surface area (Å²) in [6, 6.07) is 1.50. The van der Waals surface area contributed by atoms with Gasteiger partial charge in [0.15, 0.2) is 23.0 Å². The molecule has 192 valence electrons. The summed E-state index contributed by atoms with van der Waals surface area (Å²) in [5, 5.41) is 4.64. The van der Waals surface area contributed by atoms with Crippen molar-refractivity contribution in [3.05, 3.63) is 36.2 Å². The first kappa shape index (κ1) is 24.3. The van der Waals surface area contributed by atoms with Crippen molar-refractivity contribution in [2.24, 2.45) is 0 Å². The summed E-state index contributed by atoms with van der Waals surface area (Å²) in [5.41, 5.74) is 3.35. The van der Waals surface area contributed by atoms with Gasteiger partial charge in [0, 0.05) is 42.8 Å². The maximum atomic E-state index is 16.1. The van der Waals surface area contributed by atoms with E-state index in [1.807, 2.05) is 19.9 Å². The Morgan fingerprint density at radius 2 is 2.00 bits per heavy atom. The third-order valence-corrected chi connectivity index (χ3v) is 6.61. The molecule has 1 saturated heterocycles. The number of hydrogen-bond donors (Lipinski definition) is 1. The van der Waals surface area contributed by atoms with Gasteiger partial charge in [-0.25, -0.2) is 18.9 Å². The highest BCUT2D eigenvalue weighted by Crippen LogP contribution is 2.40. The predicted octanol–water partition coefficient (Wildman–Crippen LogP) is 4.62. The fraction of sp³-hybridized carbons (Fsp3) is 0.458. The minimum atomic E-state index is -4.27. The number of hydrogen-bond acceptors (Lipinski definition) is 6. The molecule has 5 heterocycles. The minimum Gasteiger partial charge on any atom is -0.493 e. The molecular formula is C24H27F4N7O. The molecular weight excluding hydrogens is 478 g/mol. The molecule has 0 spiro atoms. The lowest BCUT2D eigenvalue weighted by molar-refractivity contribution is -0.147. The molecule has 12 heteroatoms. The monoisotopic (exact) mass is 505 g/mol. The van der Waals surface area contributed by atoms with Crippen molar-refractivity contribution in [1.82, 2.24) is 29.5 Å². The first-order valence-electron chi connectivity index (χ1n) is 11.7. The molecule has 0 aromatic carbocycles. The Kier molecular flexibility index (Phi) is 6.01. The summed E-state index contributed by atoms with van der Waals surface area (Å²) < 4.78 is 61.8. The van der Waals surface area contributed by atoms with E-state index in [0.717, 1.165) is 16.8 Å². The van der Waals surface area contributed by atoms with Crippen molar-refractivity contribution >= 4 is 22.4 Å². The fourth-order valence-corrected chi connectivity index (χ4v) is 5.09. The number of aromatic nitrogens is 5. The van der Waals surface area contributed by atoms with E-state index in [1.54, 1.807) is 35.8 Å². The highest BCUT2D eigenvalue weighted by molar-refractivity contribution is 5.93. The van der Waals surface area contributed by atoms with Gasteiger partial charge in [-0.3, -0.25) is 4.90 Å². The number of rotatable bonds is 5. The quantitative estimate of drug-likeness (QED) is 0.399. The van der Waals surface area contributed by atoms with Crippen molar-refractivity contribution in [2.75, 3.05) is 38.2 Å². The third kappa shape index (κ3) is 4.23. The highest BCUT2D eigenvalue weighted by Gasteiger charge is 2.35. The first-order chi connectivity index (χ1) is 17.1. The van der Waals surface area contributed by atoms with Crippen LogP contribution in [0.15, 0.2) is 24.8 Å². The van der Waals surface area contributed by atoms with Crippen LogP contribution < -0.4 is 9.64 Å². The molecule has 0 radical (unpaired) electrons. The normalized spacial score (nSPS) is 17.6. The number of piperazine rings is 1. The maximum absolute atomic E-state index is 16.1. The number of pyridine rings is 2. The highest BCUT2D eigenvalue weighted by atomic mass is 19.4. The molecule has 1 fully saturated rings. The van der Waals surface area contributed by atoms with Gasteiger partial charge in [0.1, 0.15) is 6.33 Å². The second-order valence-corrected chi connectivity index (χ2v) is 9.47. The van der Waals surface area contributed by atoms with Gasteiger partial charge in [-0.1, -0.05) is 13.8 Å². The summed E-state index contributed by atoms with van der Waals surface area (Å²) >= 11 is 0. The van der Waals surface area contributed by atoms with Crippen LogP contribution in [0, 0.1) is 5.82 Å². The lowest BCUT2D eigenvalue weighted by Crippen LogP contribution is -2.54. The van der Waals surface area contributed by atoms with Crippen molar-refractivity contribution in [3.8, 4) is 17.0 Å². The average Bonchev–Trinajstić information content (AvgIpc) is 3.43. The molecule has 1 N–H and O–H groups in total. The maximum Gasteiger partial charge on any atom is 0.401 e. The van der Waals surface area contributed by atoms with Crippen LogP contribution in [-0.4, -0.2) is 75.0 Å². The number of halogens is 4. The molecule has 1 atom stereocenters. The van der Waals surface area contributed by atoms with E-state index in [0.29, 0.717) is 22.3 Å². The van der Waals surface area contributed by atoms with Gasteiger partial charge in [-0.05, 0) is 24.5 Å². The fourth-order valence-electron chi connectivity index (χ4n) is 5.09. The molecule has 36 heavy (non-hydrogen) atoms. The van der Waals surface area contributed by atoms with Crippen LogP contribution in [0.3, 0.4) is 0 Å². The number of ether oxygens (including phenoxy) is 1. The standard InChI is InChI=1S/C24H27F4N7O/c1-13(2)18-19-16(32-21(18)15-7-17(36-4)22-30-12-31-35(22)10-15)8-29-23(20(19)25)34-6-5-33(9-14(34)3)11-24(26,27)28/h7-8,10,12-14,32H,5-6,9,11H2,1-4H3/t14-/m1/s1. The summed E-state index contributed by atoms with van der Waals surface area (Å²) in [4.78, 5) is 15.0. The molecule has 0 aliphatic carbocycles. The van der Waals surface area contributed by atoms with Crippen LogP contribution in [0.25, 0.3) is 27.8 Å². The second kappa shape index (κ2) is 8.91. The number of aromatic amines is 1. The van der Waals surface area contributed by atoms with Crippen molar-refractivity contribution < 1.29 is 22.3 Å². The smallest absolute Gasteiger partial charge is 0.401 e. The van der Waals surface area contributed by atoms with Gasteiger partial charge >= 0.3 is 6.18 Å². The lowest BCUT2D eigenvalue weighted by atomic mass is 9.96. The summed E-state index contributed by atoms with van der Waals surface area (Å²) in [7, 11) is 1.55. The van der Waals surface area contributed by atoms with E-state index in [4.69, 9.17) is 4.74 Å². The topological polar surface area (TPSA) is 74.6 Å². The second-order valence-electron chi connectivity index (χ2n) is 9.47. The Bertz CT molecular complexity index is 1410. The largest absolute Gasteiger partial charge is 0.493 e. The van der Waals surface area contributed by atoms with Gasteiger partial charge in [0.05, 0.1) is 31.1 Å². The Labute approximate surface area is 204 Å². The molecule has 0 unspecified atom stereocenters. The van der Waals surface area contributed by atoms with E-state index < -0.39 is 18.5 Å². The lowest BCUT2D eigenvalue weighted by Gasteiger charge is -2.40. The van der Waals surface area contributed by atoms with E-state index in [2.05, 4.69) is 20.1 Å². The Morgan fingerprint density at radius 1 is 1.22 bits per heavy atom. The van der Waals surface area contributed by atoms with Crippen molar-refractivity contribution in [2.45, 2.75) is 38.9 Å². The predicted molar refractivity (Wildman–Crippen MR) is 128 cm³/mol. The van der Waals surface area contributed by atoms with Crippen LogP contribution in [0.2, 0.25) is 0 Å². The minimum absolute atomic E-state index is 0.0444. The Balaban J connectivity index is 1.57. The van der Waals surface area contributed by atoms with Gasteiger partial charge in [0.25, 0.3) is 0 Å². The van der Waals surface area contributed by atoms with E-state index in [-0.39, 0.29) is 37.4 Å². The zero-order valence-electron chi connectivity index (χ0n) is 20.4. The van der Waals surface area contributed by atoms with E-state index in [1.165, 1.54) is 11.2 Å². The van der Waals surface area contributed by atoms with Crippen LogP contribution in [0.5, 0.6) is 5.75 Å². The summed E-state index contributed by atoms with van der Waals surface area (Å²) in [5.74, 6) is 0.155. The number of nitrogens with one attached hydrogen (secondary N) is 1. The van der Waals surface area contributed by atoms with Crippen LogP contribution >= 0.6 is 0 Å². The van der Waals surface area contributed by atoms with Gasteiger partial charge in [0.2, 0.25) is 0 Å². The number of nitrogens with zero attached hydrogens (tertiary/aromatic N) is 6. The molecule has 5 rings (SSSR count). The van der Waals surface area contributed by atoms with Gasteiger partial charge in [-0.2, -0.15) is 18.3 Å². The summed E-state index contributed by atoms with van der Waals surface area (Å²) in [6.45, 7) is 5.38. The molecule has 8 nitrogen and oxygen atoms in total. The zero-order chi connectivity index (χ0) is 25.8. The molecule has 4 aromatic heterocycles. The molecule has 0 amide bonds. The number of methoxy groups -OCH3 is 1. The number of alkyl halides is 3. The SMILES string of the molecule is COc1cc(-c2[nH]c3cnc(N4CCN(CC(F)(F)F)C[C@H]4C)c(F)c3c2C(C)C)cn2ncnc12. The molecule has 1 aliphatic heterocycles. The van der Waals surface area contributed by atoms with Gasteiger partial charge in [-0.15, -0.1) is 0 Å². The molecule has 0 bridgehead atoms. The van der Waals surface area contributed by atoms with E-state index in [9.17, 15) is 13.2 Å². The van der Waals surface area contributed by atoms with Crippen molar-refractivity contribution in [1.29, 1.82) is 0 Å². The van der Waals surface area contributed by atoms with Gasteiger partial charge < -0.3 is 14.6 Å². The molecule has 1 aliphatic rings. The van der Waals surface area contributed by atoms with Crippen LogP contribution in [0.4, 0.5) is 23.4 Å². The van der Waals surface area contributed by atoms with E-state index >= 15 is 4.39 Å². The number of fused-ring (bicyclic) bond motifs is 2. The number of H-pyrrole nitrogens is 1. The third-order valence-electron chi connectivity index (χ3n) is 6.61. The summed E-state index contributed by atoms with van der Waals surface area (Å²) in [6.07, 6.45) is 0.552.